The van der Waals surface area contributed by atoms with Crippen LogP contribution < -0.4 is 10.6 Å². The number of nitrogens with zero attached hydrogens (tertiary/aromatic N) is 1. The van der Waals surface area contributed by atoms with Crippen LogP contribution in [-0.2, 0) is 14.3 Å². The molecule has 2 N–H and O–H groups in total. The Morgan fingerprint density at radius 3 is 2.19 bits per heavy atom. The number of carbonyl (C=O) groups excluding carboxylic acids is 3. The van der Waals surface area contributed by atoms with Crippen molar-refractivity contribution in [3.63, 3.8) is 0 Å². The fraction of sp³-hybridized carbons (Fsp3) is 0.542. The van der Waals surface area contributed by atoms with E-state index in [0.29, 0.717) is 5.56 Å². The maximum atomic E-state index is 13.3. The molecule has 0 aliphatic heterocycles. The van der Waals surface area contributed by atoms with Gasteiger partial charge in [0, 0.05) is 12.6 Å². The molecule has 0 aromatic heterocycles. The van der Waals surface area contributed by atoms with Crippen molar-refractivity contribution < 1.29 is 19.1 Å². The van der Waals surface area contributed by atoms with E-state index in [9.17, 15) is 14.4 Å². The molecule has 0 fully saturated rings. The van der Waals surface area contributed by atoms with Crippen molar-refractivity contribution in [3.05, 3.63) is 47.5 Å². The first-order chi connectivity index (χ1) is 14.3. The number of hydrogen-bond donors (Lipinski definition) is 2. The van der Waals surface area contributed by atoms with Crippen molar-refractivity contribution in [2.75, 3.05) is 6.54 Å². The molecule has 172 valence electrons. The number of aryl methyl sites for hydroxylation is 2. The standard InChI is InChI=1S/C24H37N3O4/c1-10-13-27(22(29)18(6)26-23(30)31-24(7,8)9)20(21(28)25-15(2)3)19-12-11-16(4)17(5)14-19/h10-12,14-15,18,20H,1,13H2,2-9H3,(H,25,28)(H,26,30). The van der Waals surface area contributed by atoms with Gasteiger partial charge >= 0.3 is 6.09 Å². The van der Waals surface area contributed by atoms with E-state index in [2.05, 4.69) is 17.2 Å². The van der Waals surface area contributed by atoms with Crippen LogP contribution in [0.15, 0.2) is 30.9 Å². The first kappa shape index (κ1) is 26.2. The van der Waals surface area contributed by atoms with Crippen LogP contribution in [-0.4, -0.2) is 47.0 Å². The molecule has 2 atom stereocenters. The van der Waals surface area contributed by atoms with Crippen LogP contribution in [0.25, 0.3) is 0 Å². The van der Waals surface area contributed by atoms with E-state index < -0.39 is 29.7 Å². The molecular formula is C24H37N3O4. The lowest BCUT2D eigenvalue weighted by molar-refractivity contribution is -0.141. The first-order valence-electron chi connectivity index (χ1n) is 10.5. The van der Waals surface area contributed by atoms with Crippen LogP contribution in [0, 0.1) is 13.8 Å². The predicted octanol–water partition coefficient (Wildman–Crippen LogP) is 3.80. The van der Waals surface area contributed by atoms with Crippen molar-refractivity contribution in [2.45, 2.75) is 79.1 Å². The largest absolute Gasteiger partial charge is 0.444 e. The molecule has 0 radical (unpaired) electrons. The van der Waals surface area contributed by atoms with Gasteiger partial charge in [-0.1, -0.05) is 24.3 Å². The number of alkyl carbamates (subject to hydrolysis) is 1. The van der Waals surface area contributed by atoms with Gasteiger partial charge in [0.25, 0.3) is 0 Å². The van der Waals surface area contributed by atoms with Gasteiger partial charge in [0.1, 0.15) is 17.7 Å². The van der Waals surface area contributed by atoms with Crippen molar-refractivity contribution >= 4 is 17.9 Å². The maximum Gasteiger partial charge on any atom is 0.408 e. The fourth-order valence-electron chi connectivity index (χ4n) is 3.03. The van der Waals surface area contributed by atoms with Gasteiger partial charge in [-0.2, -0.15) is 0 Å². The van der Waals surface area contributed by atoms with Crippen molar-refractivity contribution in [3.8, 4) is 0 Å². The van der Waals surface area contributed by atoms with E-state index in [-0.39, 0.29) is 18.5 Å². The third-order valence-corrected chi connectivity index (χ3v) is 4.55. The average molecular weight is 432 g/mol. The highest BCUT2D eigenvalue weighted by molar-refractivity contribution is 5.92. The second-order valence-electron chi connectivity index (χ2n) is 9.06. The Hall–Kier alpha value is -2.83. The van der Waals surface area contributed by atoms with Gasteiger partial charge in [-0.25, -0.2) is 4.79 Å². The van der Waals surface area contributed by atoms with E-state index in [1.165, 1.54) is 4.90 Å². The molecular weight excluding hydrogens is 394 g/mol. The van der Waals surface area contributed by atoms with Gasteiger partial charge in [0.2, 0.25) is 11.8 Å². The highest BCUT2D eigenvalue weighted by Gasteiger charge is 2.34. The fourth-order valence-corrected chi connectivity index (χ4v) is 3.03. The normalized spacial score (nSPS) is 13.2. The second kappa shape index (κ2) is 11.0. The molecule has 0 aliphatic rings. The number of carbonyl (C=O) groups is 3. The third kappa shape index (κ3) is 8.07. The summed E-state index contributed by atoms with van der Waals surface area (Å²) >= 11 is 0. The van der Waals surface area contributed by atoms with E-state index >= 15 is 0 Å². The zero-order valence-electron chi connectivity index (χ0n) is 20.0. The summed E-state index contributed by atoms with van der Waals surface area (Å²) in [5.74, 6) is -0.703. The minimum absolute atomic E-state index is 0.0976. The summed E-state index contributed by atoms with van der Waals surface area (Å²) in [5, 5.41) is 5.46. The lowest BCUT2D eigenvalue weighted by Crippen LogP contribution is -2.52. The third-order valence-electron chi connectivity index (χ3n) is 4.55. The summed E-state index contributed by atoms with van der Waals surface area (Å²) < 4.78 is 5.25. The van der Waals surface area contributed by atoms with E-state index in [0.717, 1.165) is 11.1 Å². The Balaban J connectivity index is 3.29. The van der Waals surface area contributed by atoms with Gasteiger partial charge in [0.05, 0.1) is 0 Å². The van der Waals surface area contributed by atoms with Gasteiger partial charge in [-0.15, -0.1) is 6.58 Å². The van der Waals surface area contributed by atoms with Gasteiger partial charge in [-0.05, 0) is 72.1 Å². The summed E-state index contributed by atoms with van der Waals surface area (Å²) in [4.78, 5) is 40.1. The van der Waals surface area contributed by atoms with Crippen molar-refractivity contribution in [1.29, 1.82) is 0 Å². The lowest BCUT2D eigenvalue weighted by Gasteiger charge is -2.33. The van der Waals surface area contributed by atoms with Crippen LogP contribution in [0.2, 0.25) is 0 Å². The predicted molar refractivity (Wildman–Crippen MR) is 123 cm³/mol. The second-order valence-corrected chi connectivity index (χ2v) is 9.06. The minimum Gasteiger partial charge on any atom is -0.444 e. The molecule has 2 unspecified atom stereocenters. The number of nitrogens with one attached hydrogen (secondary N) is 2. The quantitative estimate of drug-likeness (QED) is 0.613. The SMILES string of the molecule is C=CCN(C(=O)C(C)NC(=O)OC(C)(C)C)C(C(=O)NC(C)C)c1ccc(C)c(C)c1. The summed E-state index contributed by atoms with van der Waals surface area (Å²) in [6.45, 7) is 18.4. The van der Waals surface area contributed by atoms with Gasteiger partial charge in [-0.3, -0.25) is 9.59 Å². The lowest BCUT2D eigenvalue weighted by atomic mass is 9.98. The highest BCUT2D eigenvalue weighted by atomic mass is 16.6. The average Bonchev–Trinajstić information content (AvgIpc) is 2.61. The smallest absolute Gasteiger partial charge is 0.408 e. The molecule has 7 heteroatoms. The molecule has 0 aliphatic carbocycles. The summed E-state index contributed by atoms with van der Waals surface area (Å²) in [6, 6.07) is 3.84. The molecule has 1 aromatic rings. The Labute approximate surface area is 186 Å². The summed E-state index contributed by atoms with van der Waals surface area (Å²) in [5.41, 5.74) is 2.12. The van der Waals surface area contributed by atoms with Crippen LogP contribution in [0.1, 0.15) is 64.3 Å². The Bertz CT molecular complexity index is 812. The highest BCUT2D eigenvalue weighted by Crippen LogP contribution is 2.25. The first-order valence-corrected chi connectivity index (χ1v) is 10.5. The van der Waals surface area contributed by atoms with E-state index in [1.807, 2.05) is 45.9 Å². The number of rotatable bonds is 8. The molecule has 0 heterocycles. The van der Waals surface area contributed by atoms with Crippen LogP contribution in [0.5, 0.6) is 0 Å². The zero-order valence-corrected chi connectivity index (χ0v) is 20.0. The Kier molecular flexibility index (Phi) is 9.28. The number of hydrogen-bond acceptors (Lipinski definition) is 4. The van der Waals surface area contributed by atoms with Crippen molar-refractivity contribution in [2.24, 2.45) is 0 Å². The topological polar surface area (TPSA) is 87.7 Å². The molecule has 7 nitrogen and oxygen atoms in total. The van der Waals surface area contributed by atoms with Crippen LogP contribution >= 0.6 is 0 Å². The summed E-state index contributed by atoms with van der Waals surface area (Å²) in [6.07, 6.45) is 0.871. The minimum atomic E-state index is -0.893. The zero-order chi connectivity index (χ0) is 23.9. The molecule has 3 amide bonds. The Morgan fingerprint density at radius 1 is 1.10 bits per heavy atom. The van der Waals surface area contributed by atoms with E-state index in [1.54, 1.807) is 33.8 Å². The van der Waals surface area contributed by atoms with Gasteiger partial charge < -0.3 is 20.3 Å². The maximum absolute atomic E-state index is 13.3. The van der Waals surface area contributed by atoms with Crippen LogP contribution in [0.4, 0.5) is 4.79 Å². The molecule has 0 bridgehead atoms. The molecule has 1 aromatic carbocycles. The van der Waals surface area contributed by atoms with Crippen molar-refractivity contribution in [1.82, 2.24) is 15.5 Å². The monoisotopic (exact) mass is 431 g/mol. The number of ether oxygens (including phenoxy) is 1. The number of amides is 3. The molecule has 0 saturated carbocycles. The van der Waals surface area contributed by atoms with Crippen LogP contribution in [0.3, 0.4) is 0 Å². The van der Waals surface area contributed by atoms with Gasteiger partial charge in [0.15, 0.2) is 0 Å². The summed E-state index contributed by atoms with van der Waals surface area (Å²) in [7, 11) is 0. The Morgan fingerprint density at radius 2 is 1.71 bits per heavy atom. The molecule has 0 spiro atoms. The number of benzene rings is 1. The molecule has 0 saturated heterocycles. The van der Waals surface area contributed by atoms with E-state index in [4.69, 9.17) is 4.74 Å². The molecule has 31 heavy (non-hydrogen) atoms. The molecule has 1 rings (SSSR count).